The van der Waals surface area contributed by atoms with Gasteiger partial charge in [-0.2, -0.15) is 0 Å². The predicted octanol–water partition coefficient (Wildman–Crippen LogP) is 3.60. The van der Waals surface area contributed by atoms with E-state index in [1.807, 2.05) is 0 Å². The van der Waals surface area contributed by atoms with E-state index < -0.39 is 16.9 Å². The Labute approximate surface area is 174 Å². The highest BCUT2D eigenvalue weighted by Gasteiger charge is 2.18. The Kier molecular flexibility index (Phi) is 8.70. The fraction of sp³-hybridized carbons (Fsp3) is 0.381. The fourth-order valence-corrected chi connectivity index (χ4v) is 3.14. The number of aryl methyl sites for hydroxylation is 2. The Morgan fingerprint density at radius 2 is 1.80 bits per heavy atom. The third-order valence-corrected chi connectivity index (χ3v) is 4.78. The number of nitrogens with one attached hydrogen (secondary N) is 3. The summed E-state index contributed by atoms with van der Waals surface area (Å²) in [5.41, 5.74) is 4.27. The van der Waals surface area contributed by atoms with E-state index in [1.54, 1.807) is 43.6 Å². The molecule has 0 bridgehead atoms. The minimum atomic E-state index is -0.645. The monoisotopic (exact) mass is 418 g/mol. The summed E-state index contributed by atoms with van der Waals surface area (Å²) < 4.78 is 13.8. The highest BCUT2D eigenvalue weighted by molar-refractivity contribution is 5.83. The molecule has 0 fully saturated rings. The van der Waals surface area contributed by atoms with Crippen LogP contribution in [0.3, 0.4) is 0 Å². The van der Waals surface area contributed by atoms with Crippen LogP contribution in [0.2, 0.25) is 0 Å². The van der Waals surface area contributed by atoms with Crippen molar-refractivity contribution >= 4 is 17.3 Å². The molecular weight excluding hydrogens is 391 g/mol. The quantitative estimate of drug-likeness (QED) is 0.192. The van der Waals surface area contributed by atoms with E-state index in [0.717, 1.165) is 18.4 Å². The van der Waals surface area contributed by atoms with Gasteiger partial charge in [0.05, 0.1) is 4.92 Å². The number of carbonyl (C=O) groups is 1. The van der Waals surface area contributed by atoms with Gasteiger partial charge in [0, 0.05) is 24.4 Å². The van der Waals surface area contributed by atoms with Gasteiger partial charge in [0.25, 0.3) is 11.6 Å². The largest absolute Gasteiger partial charge is 0.374 e. The molecule has 0 unspecified atom stereocenters. The van der Waals surface area contributed by atoms with E-state index in [2.05, 4.69) is 10.6 Å². The second kappa shape index (κ2) is 11.2. The fourth-order valence-electron chi connectivity index (χ4n) is 3.14. The molecule has 0 aliphatic rings. The van der Waals surface area contributed by atoms with Crippen molar-refractivity contribution in [3.63, 3.8) is 0 Å². The number of benzene rings is 2. The summed E-state index contributed by atoms with van der Waals surface area (Å²) >= 11 is 0. The van der Waals surface area contributed by atoms with Gasteiger partial charge in [0.1, 0.15) is 11.9 Å². The van der Waals surface area contributed by atoms with Crippen LogP contribution in [0.15, 0.2) is 36.4 Å². The van der Waals surface area contributed by atoms with Gasteiger partial charge in [0.15, 0.2) is 0 Å². The van der Waals surface area contributed by atoms with Crippen molar-refractivity contribution in [1.29, 1.82) is 0 Å². The molecule has 1 atom stereocenters. The number of non-ortho nitro benzene ring substituents is 1. The SMILES string of the molecule is Cc1cc(N[C@H](CCCCNCc2ccc([N+](=O)[O-])cc2)C(=O)NO)cc(C)c1F. The van der Waals surface area contributed by atoms with E-state index in [1.165, 1.54) is 12.1 Å². The summed E-state index contributed by atoms with van der Waals surface area (Å²) in [6.45, 7) is 4.61. The lowest BCUT2D eigenvalue weighted by molar-refractivity contribution is -0.384. The molecule has 1 amide bonds. The lowest BCUT2D eigenvalue weighted by Gasteiger charge is -2.19. The maximum atomic E-state index is 13.8. The molecule has 0 aliphatic carbocycles. The number of hydroxylamine groups is 1. The van der Waals surface area contributed by atoms with E-state index >= 15 is 0 Å². The van der Waals surface area contributed by atoms with Crippen molar-refractivity contribution in [2.75, 3.05) is 11.9 Å². The van der Waals surface area contributed by atoms with Crippen molar-refractivity contribution in [3.8, 4) is 0 Å². The molecule has 0 saturated carbocycles. The molecule has 4 N–H and O–H groups in total. The number of hydrogen-bond acceptors (Lipinski definition) is 6. The van der Waals surface area contributed by atoms with Crippen LogP contribution in [0.4, 0.5) is 15.8 Å². The minimum Gasteiger partial charge on any atom is -0.374 e. The zero-order valence-corrected chi connectivity index (χ0v) is 17.1. The summed E-state index contributed by atoms with van der Waals surface area (Å²) in [6, 6.07) is 8.98. The van der Waals surface area contributed by atoms with Crippen LogP contribution in [0.5, 0.6) is 0 Å². The first-order valence-corrected chi connectivity index (χ1v) is 9.73. The Bertz CT molecular complexity index is 851. The molecule has 2 rings (SSSR count). The summed E-state index contributed by atoms with van der Waals surface area (Å²) in [4.78, 5) is 22.2. The number of nitro benzene ring substituents is 1. The number of carbonyl (C=O) groups excluding carboxylic acids is 1. The minimum absolute atomic E-state index is 0.0611. The van der Waals surface area contributed by atoms with E-state index in [9.17, 15) is 19.3 Å². The Balaban J connectivity index is 1.78. The molecule has 0 heterocycles. The van der Waals surface area contributed by atoms with Crippen LogP contribution in [0.25, 0.3) is 0 Å². The summed E-state index contributed by atoms with van der Waals surface area (Å²) in [7, 11) is 0. The number of anilines is 1. The van der Waals surface area contributed by atoms with Gasteiger partial charge >= 0.3 is 0 Å². The molecule has 9 heteroatoms. The van der Waals surface area contributed by atoms with E-state index in [-0.39, 0.29) is 11.5 Å². The van der Waals surface area contributed by atoms with Gasteiger partial charge in [-0.3, -0.25) is 20.1 Å². The Hall–Kier alpha value is -3.04. The first-order chi connectivity index (χ1) is 14.3. The third-order valence-electron chi connectivity index (χ3n) is 4.78. The number of nitrogens with zero attached hydrogens (tertiary/aromatic N) is 1. The number of unbranched alkanes of at least 4 members (excludes halogenated alkanes) is 1. The summed E-state index contributed by atoms with van der Waals surface area (Å²) in [6.07, 6.45) is 2.00. The first-order valence-electron chi connectivity index (χ1n) is 9.73. The topological polar surface area (TPSA) is 117 Å². The maximum absolute atomic E-state index is 13.8. The zero-order chi connectivity index (χ0) is 22.1. The lowest BCUT2D eigenvalue weighted by atomic mass is 10.1. The summed E-state index contributed by atoms with van der Waals surface area (Å²) in [5, 5.41) is 26.0. The van der Waals surface area contributed by atoms with Crippen LogP contribution in [0.1, 0.15) is 36.0 Å². The molecule has 0 spiro atoms. The number of nitro groups is 1. The van der Waals surface area contributed by atoms with E-state index in [4.69, 9.17) is 5.21 Å². The molecule has 0 radical (unpaired) electrons. The smallest absolute Gasteiger partial charge is 0.269 e. The molecule has 162 valence electrons. The molecule has 0 aliphatic heterocycles. The number of amides is 1. The Morgan fingerprint density at radius 3 is 2.37 bits per heavy atom. The predicted molar refractivity (Wildman–Crippen MR) is 112 cm³/mol. The Morgan fingerprint density at radius 1 is 1.17 bits per heavy atom. The third kappa shape index (κ3) is 6.78. The van der Waals surface area contributed by atoms with Crippen molar-refractivity contribution < 1.29 is 19.3 Å². The molecule has 0 aromatic heterocycles. The zero-order valence-electron chi connectivity index (χ0n) is 17.1. The van der Waals surface area contributed by atoms with Gasteiger partial charge < -0.3 is 10.6 Å². The van der Waals surface area contributed by atoms with Crippen LogP contribution < -0.4 is 16.1 Å². The second-order valence-corrected chi connectivity index (χ2v) is 7.19. The van der Waals surface area contributed by atoms with Crippen LogP contribution in [-0.2, 0) is 11.3 Å². The molecule has 30 heavy (non-hydrogen) atoms. The number of halogens is 1. The van der Waals surface area contributed by atoms with Crippen molar-refractivity contribution in [2.24, 2.45) is 0 Å². The highest BCUT2D eigenvalue weighted by Crippen LogP contribution is 2.20. The van der Waals surface area contributed by atoms with Gasteiger partial charge in [0.2, 0.25) is 0 Å². The van der Waals surface area contributed by atoms with Crippen LogP contribution >= 0.6 is 0 Å². The molecule has 2 aromatic rings. The van der Waals surface area contributed by atoms with Crippen LogP contribution in [-0.4, -0.2) is 28.6 Å². The average molecular weight is 418 g/mol. The van der Waals surface area contributed by atoms with Crippen molar-refractivity contribution in [1.82, 2.24) is 10.8 Å². The second-order valence-electron chi connectivity index (χ2n) is 7.19. The molecule has 2 aromatic carbocycles. The van der Waals surface area contributed by atoms with Gasteiger partial charge in [-0.05, 0) is 68.5 Å². The number of hydrogen-bond donors (Lipinski definition) is 4. The average Bonchev–Trinajstić information content (AvgIpc) is 2.73. The molecular formula is C21H27FN4O4. The first kappa shape index (κ1) is 23.2. The van der Waals surface area contributed by atoms with Crippen LogP contribution in [0, 0.1) is 29.8 Å². The molecule has 0 saturated heterocycles. The standard InChI is InChI=1S/C21H27FN4O4/c1-14-11-17(12-15(2)20(14)22)24-19(21(27)25-28)5-3-4-10-23-13-16-6-8-18(9-7-16)26(29)30/h6-9,11-12,19,23-24,28H,3-5,10,13H2,1-2H3,(H,25,27)/t19-/m1/s1. The maximum Gasteiger partial charge on any atom is 0.269 e. The van der Waals surface area contributed by atoms with Crippen molar-refractivity contribution in [2.45, 2.75) is 45.7 Å². The lowest BCUT2D eigenvalue weighted by Crippen LogP contribution is -2.38. The van der Waals surface area contributed by atoms with Crippen molar-refractivity contribution in [3.05, 3.63) is 69.0 Å². The van der Waals surface area contributed by atoms with Gasteiger partial charge in [-0.25, -0.2) is 9.87 Å². The van der Waals surface area contributed by atoms with E-state index in [0.29, 0.717) is 36.3 Å². The van der Waals surface area contributed by atoms with Gasteiger partial charge in [-0.15, -0.1) is 0 Å². The molecule has 8 nitrogen and oxygen atoms in total. The normalized spacial score (nSPS) is 11.7. The van der Waals surface area contributed by atoms with Gasteiger partial charge in [-0.1, -0.05) is 12.1 Å². The summed E-state index contributed by atoms with van der Waals surface area (Å²) in [5.74, 6) is -0.823. The highest BCUT2D eigenvalue weighted by atomic mass is 19.1. The number of rotatable bonds is 11.